The molecule has 0 radical (unpaired) electrons. The van der Waals surface area contributed by atoms with Gasteiger partial charge in [-0.3, -0.25) is 4.79 Å². The number of nitrogens with one attached hydrogen (secondary N) is 1. The molecule has 1 heterocycles. The number of methoxy groups -OCH3 is 2. The lowest BCUT2D eigenvalue weighted by Crippen LogP contribution is -2.36. The maximum Gasteiger partial charge on any atom is 0.340 e. The summed E-state index contributed by atoms with van der Waals surface area (Å²) in [6.45, 7) is 2.70. The van der Waals surface area contributed by atoms with Crippen LogP contribution in [-0.4, -0.2) is 58.4 Å². The molecular formula is C23H24N2O6. The van der Waals surface area contributed by atoms with E-state index in [1.807, 2.05) is 6.07 Å². The molecule has 1 saturated heterocycles. The molecule has 0 bridgehead atoms. The lowest BCUT2D eigenvalue weighted by atomic mass is 10.1. The summed E-state index contributed by atoms with van der Waals surface area (Å²) in [6, 6.07) is 11.9. The predicted molar refractivity (Wildman–Crippen MR) is 116 cm³/mol. The lowest BCUT2D eigenvalue weighted by molar-refractivity contribution is -0.111. The lowest BCUT2D eigenvalue weighted by Gasteiger charge is -2.29. The molecule has 0 aliphatic carbocycles. The van der Waals surface area contributed by atoms with Crippen LogP contribution in [0.25, 0.3) is 6.08 Å². The number of carbonyl (C=O) groups excluding carboxylic acids is 3. The fourth-order valence-electron chi connectivity index (χ4n) is 3.13. The summed E-state index contributed by atoms with van der Waals surface area (Å²) in [5.74, 6) is -1.36. The van der Waals surface area contributed by atoms with Gasteiger partial charge < -0.3 is 24.4 Å². The molecule has 1 amide bonds. The van der Waals surface area contributed by atoms with Crippen molar-refractivity contribution >= 4 is 35.3 Å². The predicted octanol–water partition coefficient (Wildman–Crippen LogP) is 2.75. The maximum absolute atomic E-state index is 12.4. The molecule has 31 heavy (non-hydrogen) atoms. The SMILES string of the molecule is COC(=O)c1ccc(/C=C/C(=O)Nc2ccc(N3CCOCC3)cc2C(=O)OC)cc1. The molecule has 2 aromatic carbocycles. The van der Waals surface area contributed by atoms with Crippen molar-refractivity contribution < 1.29 is 28.6 Å². The molecule has 0 unspecified atom stereocenters. The summed E-state index contributed by atoms with van der Waals surface area (Å²) >= 11 is 0. The fourth-order valence-corrected chi connectivity index (χ4v) is 3.13. The molecule has 0 spiro atoms. The topological polar surface area (TPSA) is 94.2 Å². The number of amides is 1. The van der Waals surface area contributed by atoms with Crippen LogP contribution in [0, 0.1) is 0 Å². The molecule has 8 heteroatoms. The first-order valence-corrected chi connectivity index (χ1v) is 9.74. The van der Waals surface area contributed by atoms with E-state index in [4.69, 9.17) is 9.47 Å². The van der Waals surface area contributed by atoms with Crippen molar-refractivity contribution in [2.45, 2.75) is 0 Å². The van der Waals surface area contributed by atoms with Gasteiger partial charge in [-0.1, -0.05) is 12.1 Å². The number of ether oxygens (including phenoxy) is 3. The van der Waals surface area contributed by atoms with Crippen LogP contribution in [0.5, 0.6) is 0 Å². The number of morpholine rings is 1. The van der Waals surface area contributed by atoms with Crippen LogP contribution in [0.4, 0.5) is 11.4 Å². The first kappa shape index (κ1) is 22.0. The summed E-state index contributed by atoms with van der Waals surface area (Å²) in [5.41, 5.74) is 2.66. The Morgan fingerprint density at radius 2 is 1.65 bits per heavy atom. The van der Waals surface area contributed by atoms with Crippen LogP contribution in [0.3, 0.4) is 0 Å². The van der Waals surface area contributed by atoms with Crippen LogP contribution in [0.2, 0.25) is 0 Å². The second-order valence-corrected chi connectivity index (χ2v) is 6.76. The van der Waals surface area contributed by atoms with E-state index < -0.39 is 17.8 Å². The summed E-state index contributed by atoms with van der Waals surface area (Å²) in [7, 11) is 2.61. The van der Waals surface area contributed by atoms with E-state index in [2.05, 4.69) is 15.0 Å². The molecule has 2 aromatic rings. The number of carbonyl (C=O) groups is 3. The van der Waals surface area contributed by atoms with Crippen LogP contribution in [0.1, 0.15) is 26.3 Å². The van der Waals surface area contributed by atoms with Crippen LogP contribution < -0.4 is 10.2 Å². The molecule has 1 fully saturated rings. The average Bonchev–Trinajstić information content (AvgIpc) is 2.82. The molecule has 0 saturated carbocycles. The summed E-state index contributed by atoms with van der Waals surface area (Å²) in [5, 5.41) is 2.72. The van der Waals surface area contributed by atoms with E-state index in [1.165, 1.54) is 20.3 Å². The van der Waals surface area contributed by atoms with Gasteiger partial charge in [0, 0.05) is 24.9 Å². The van der Waals surface area contributed by atoms with Crippen LogP contribution in [0.15, 0.2) is 48.5 Å². The van der Waals surface area contributed by atoms with E-state index >= 15 is 0 Å². The van der Waals surface area contributed by atoms with E-state index in [9.17, 15) is 14.4 Å². The van der Waals surface area contributed by atoms with Gasteiger partial charge in [-0.25, -0.2) is 9.59 Å². The van der Waals surface area contributed by atoms with Gasteiger partial charge in [0.05, 0.1) is 44.2 Å². The average molecular weight is 424 g/mol. The quantitative estimate of drug-likeness (QED) is 0.563. The van der Waals surface area contributed by atoms with E-state index in [-0.39, 0.29) is 5.56 Å². The Balaban J connectivity index is 1.72. The summed E-state index contributed by atoms with van der Waals surface area (Å²) < 4.78 is 14.9. The van der Waals surface area contributed by atoms with Gasteiger partial charge in [0.1, 0.15) is 0 Å². The molecule has 1 aliphatic rings. The second-order valence-electron chi connectivity index (χ2n) is 6.76. The number of rotatable bonds is 6. The smallest absolute Gasteiger partial charge is 0.340 e. The molecule has 1 aliphatic heterocycles. The molecule has 1 N–H and O–H groups in total. The van der Waals surface area contributed by atoms with Crippen molar-refractivity contribution in [1.82, 2.24) is 0 Å². The van der Waals surface area contributed by atoms with E-state index in [0.717, 1.165) is 24.3 Å². The highest BCUT2D eigenvalue weighted by Crippen LogP contribution is 2.25. The normalized spacial score (nSPS) is 13.7. The monoisotopic (exact) mass is 424 g/mol. The van der Waals surface area contributed by atoms with Gasteiger partial charge in [-0.2, -0.15) is 0 Å². The minimum absolute atomic E-state index is 0.274. The first-order valence-electron chi connectivity index (χ1n) is 9.74. The summed E-state index contributed by atoms with van der Waals surface area (Å²) in [4.78, 5) is 38.3. The largest absolute Gasteiger partial charge is 0.465 e. The Morgan fingerprint density at radius 3 is 2.29 bits per heavy atom. The minimum Gasteiger partial charge on any atom is -0.465 e. The third kappa shape index (κ3) is 5.70. The maximum atomic E-state index is 12.4. The zero-order valence-corrected chi connectivity index (χ0v) is 17.4. The second kappa shape index (κ2) is 10.4. The van der Waals surface area contributed by atoms with Gasteiger partial charge in [-0.15, -0.1) is 0 Å². The number of hydrogen-bond donors (Lipinski definition) is 1. The Labute approximate surface area is 180 Å². The number of esters is 2. The van der Waals surface area contributed by atoms with E-state index in [0.29, 0.717) is 24.5 Å². The molecule has 162 valence electrons. The standard InChI is InChI=1S/C23H24N2O6/c1-29-22(27)17-6-3-16(4-7-17)5-10-21(26)24-20-9-8-18(15-19(20)23(28)30-2)25-11-13-31-14-12-25/h3-10,15H,11-14H2,1-2H3,(H,24,26)/b10-5+. The third-order valence-electron chi connectivity index (χ3n) is 4.80. The number of anilines is 2. The zero-order valence-electron chi connectivity index (χ0n) is 17.4. The molecular weight excluding hydrogens is 400 g/mol. The molecule has 0 atom stereocenters. The van der Waals surface area contributed by atoms with Gasteiger partial charge >= 0.3 is 11.9 Å². The number of nitrogens with zero attached hydrogens (tertiary/aromatic N) is 1. The Kier molecular flexibility index (Phi) is 7.40. The highest BCUT2D eigenvalue weighted by atomic mass is 16.5. The van der Waals surface area contributed by atoms with Crippen molar-refractivity contribution in [2.24, 2.45) is 0 Å². The van der Waals surface area contributed by atoms with E-state index in [1.54, 1.807) is 42.5 Å². The first-order chi connectivity index (χ1) is 15.0. The van der Waals surface area contributed by atoms with Crippen LogP contribution in [-0.2, 0) is 19.0 Å². The molecule has 8 nitrogen and oxygen atoms in total. The molecule has 0 aromatic heterocycles. The van der Waals surface area contributed by atoms with Gasteiger partial charge in [0.15, 0.2) is 0 Å². The van der Waals surface area contributed by atoms with Crippen molar-refractivity contribution in [3.05, 3.63) is 65.2 Å². The van der Waals surface area contributed by atoms with Crippen molar-refractivity contribution in [2.75, 3.05) is 50.7 Å². The van der Waals surface area contributed by atoms with Crippen LogP contribution >= 0.6 is 0 Å². The Bertz CT molecular complexity index is 978. The van der Waals surface area contributed by atoms with Gasteiger partial charge in [0.25, 0.3) is 0 Å². The Morgan fingerprint density at radius 1 is 0.968 bits per heavy atom. The number of hydrogen-bond acceptors (Lipinski definition) is 7. The fraction of sp³-hybridized carbons (Fsp3) is 0.261. The highest BCUT2D eigenvalue weighted by Gasteiger charge is 2.18. The Hall–Kier alpha value is -3.65. The van der Waals surface area contributed by atoms with Crippen molar-refractivity contribution in [1.29, 1.82) is 0 Å². The molecule has 3 rings (SSSR count). The summed E-state index contributed by atoms with van der Waals surface area (Å²) in [6.07, 6.45) is 2.96. The van der Waals surface area contributed by atoms with Crippen molar-refractivity contribution in [3.63, 3.8) is 0 Å². The van der Waals surface area contributed by atoms with Gasteiger partial charge in [-0.05, 0) is 42.0 Å². The van der Waals surface area contributed by atoms with Gasteiger partial charge in [0.2, 0.25) is 5.91 Å². The van der Waals surface area contributed by atoms with Crippen molar-refractivity contribution in [3.8, 4) is 0 Å². The number of benzene rings is 2. The third-order valence-corrected chi connectivity index (χ3v) is 4.80. The minimum atomic E-state index is -0.534. The highest BCUT2D eigenvalue weighted by molar-refractivity contribution is 6.06. The zero-order chi connectivity index (χ0) is 22.2.